The number of rotatable bonds is 2. The molecule has 2 aliphatic carbocycles. The lowest BCUT2D eigenvalue weighted by Gasteiger charge is -2.37. The summed E-state index contributed by atoms with van der Waals surface area (Å²) in [4.78, 5) is 11.5. The van der Waals surface area contributed by atoms with E-state index in [2.05, 4.69) is 6.08 Å². The summed E-state index contributed by atoms with van der Waals surface area (Å²) in [5.74, 6) is -0.574. The van der Waals surface area contributed by atoms with Crippen LogP contribution in [0.2, 0.25) is 0 Å². The first-order valence-electron chi connectivity index (χ1n) is 6.19. The first kappa shape index (κ1) is 10.7. The van der Waals surface area contributed by atoms with Gasteiger partial charge in [0.15, 0.2) is 0 Å². The summed E-state index contributed by atoms with van der Waals surface area (Å²) in [5.41, 5.74) is 0.763. The van der Waals surface area contributed by atoms with Crippen molar-refractivity contribution in [2.45, 2.75) is 57.8 Å². The maximum atomic E-state index is 11.5. The number of allylic oxidation sites excluding steroid dienone is 1. The average molecular weight is 208 g/mol. The molecule has 0 heterocycles. The summed E-state index contributed by atoms with van der Waals surface area (Å²) in [6.45, 7) is 0. The number of aliphatic carboxylic acids is 1. The van der Waals surface area contributed by atoms with Crippen LogP contribution in [0, 0.1) is 5.41 Å². The van der Waals surface area contributed by atoms with Crippen molar-refractivity contribution in [1.82, 2.24) is 0 Å². The van der Waals surface area contributed by atoms with Crippen molar-refractivity contribution in [2.24, 2.45) is 5.41 Å². The predicted octanol–water partition coefficient (Wildman–Crippen LogP) is 3.52. The number of carbonyl (C=O) groups is 1. The van der Waals surface area contributed by atoms with E-state index in [1.807, 2.05) is 0 Å². The number of hydrogen-bond donors (Lipinski definition) is 1. The van der Waals surface area contributed by atoms with Gasteiger partial charge in [0.1, 0.15) is 0 Å². The van der Waals surface area contributed by atoms with E-state index < -0.39 is 11.4 Å². The molecule has 2 aliphatic rings. The summed E-state index contributed by atoms with van der Waals surface area (Å²) in [7, 11) is 0. The first-order valence-corrected chi connectivity index (χ1v) is 6.19. The van der Waals surface area contributed by atoms with Gasteiger partial charge in [0, 0.05) is 0 Å². The van der Waals surface area contributed by atoms with Crippen LogP contribution < -0.4 is 0 Å². The lowest BCUT2D eigenvalue weighted by atomic mass is 9.66. The molecule has 0 saturated heterocycles. The van der Waals surface area contributed by atoms with Crippen LogP contribution >= 0.6 is 0 Å². The predicted molar refractivity (Wildman–Crippen MR) is 59.7 cm³/mol. The Kier molecular flexibility index (Phi) is 3.13. The Morgan fingerprint density at radius 1 is 1.13 bits per heavy atom. The van der Waals surface area contributed by atoms with Crippen molar-refractivity contribution < 1.29 is 9.90 Å². The minimum Gasteiger partial charge on any atom is -0.481 e. The summed E-state index contributed by atoms with van der Waals surface area (Å²) in [5, 5.41) is 9.50. The molecule has 2 rings (SSSR count). The second kappa shape index (κ2) is 4.38. The monoisotopic (exact) mass is 208 g/mol. The molecular formula is C13H20O2. The van der Waals surface area contributed by atoms with E-state index in [-0.39, 0.29) is 0 Å². The zero-order chi connectivity index (χ0) is 10.7. The van der Waals surface area contributed by atoms with Crippen molar-refractivity contribution in [3.63, 3.8) is 0 Å². The second-order valence-electron chi connectivity index (χ2n) is 4.92. The van der Waals surface area contributed by atoms with E-state index in [1.165, 1.54) is 24.8 Å². The van der Waals surface area contributed by atoms with E-state index in [0.717, 1.165) is 38.5 Å². The Labute approximate surface area is 91.4 Å². The van der Waals surface area contributed by atoms with Crippen LogP contribution in [0.4, 0.5) is 0 Å². The number of carboxylic acids is 1. The molecule has 0 aromatic rings. The van der Waals surface area contributed by atoms with Gasteiger partial charge in [-0.25, -0.2) is 0 Å². The lowest BCUT2D eigenvalue weighted by molar-refractivity contribution is -0.148. The van der Waals surface area contributed by atoms with E-state index >= 15 is 0 Å². The van der Waals surface area contributed by atoms with Crippen molar-refractivity contribution in [3.8, 4) is 0 Å². The molecule has 0 radical (unpaired) electrons. The number of carboxylic acid groups (broad SMARTS) is 1. The molecular weight excluding hydrogens is 188 g/mol. The molecule has 0 atom stereocenters. The van der Waals surface area contributed by atoms with Crippen LogP contribution in [0.25, 0.3) is 0 Å². The van der Waals surface area contributed by atoms with Gasteiger partial charge in [0.05, 0.1) is 5.41 Å². The van der Waals surface area contributed by atoms with Crippen LogP contribution in [0.5, 0.6) is 0 Å². The molecule has 84 valence electrons. The van der Waals surface area contributed by atoms with Gasteiger partial charge < -0.3 is 5.11 Å². The van der Waals surface area contributed by atoms with Crippen molar-refractivity contribution >= 4 is 5.97 Å². The molecule has 0 aromatic carbocycles. The van der Waals surface area contributed by atoms with Crippen LogP contribution in [0.15, 0.2) is 11.6 Å². The minimum absolute atomic E-state index is 0.474. The van der Waals surface area contributed by atoms with Crippen LogP contribution in [0.3, 0.4) is 0 Å². The molecule has 0 aliphatic heterocycles. The summed E-state index contributed by atoms with van der Waals surface area (Å²) in [6, 6.07) is 0. The van der Waals surface area contributed by atoms with Gasteiger partial charge in [0.2, 0.25) is 0 Å². The van der Waals surface area contributed by atoms with Gasteiger partial charge in [-0.2, -0.15) is 0 Å². The number of hydrogen-bond acceptors (Lipinski definition) is 1. The molecule has 0 unspecified atom stereocenters. The van der Waals surface area contributed by atoms with E-state index in [1.54, 1.807) is 0 Å². The van der Waals surface area contributed by atoms with Gasteiger partial charge in [-0.3, -0.25) is 4.79 Å². The first-order chi connectivity index (χ1) is 7.26. The fourth-order valence-electron chi connectivity index (χ4n) is 3.10. The van der Waals surface area contributed by atoms with Crippen molar-refractivity contribution in [1.29, 1.82) is 0 Å². The van der Waals surface area contributed by atoms with Gasteiger partial charge in [0.25, 0.3) is 0 Å². The molecule has 2 heteroatoms. The Morgan fingerprint density at radius 2 is 1.87 bits per heavy atom. The molecule has 1 N–H and O–H groups in total. The molecule has 1 saturated carbocycles. The van der Waals surface area contributed by atoms with Crippen LogP contribution in [-0.4, -0.2) is 11.1 Å². The third kappa shape index (κ3) is 1.95. The standard InChI is InChI=1S/C13H20O2/c14-12(15)13(9-5-2-6-10-13)11-7-3-1-4-8-11/h7H,1-6,8-10H2,(H,14,15). The molecule has 1 fully saturated rings. The molecule has 2 nitrogen and oxygen atoms in total. The van der Waals surface area contributed by atoms with Gasteiger partial charge in [-0.05, 0) is 38.5 Å². The SMILES string of the molecule is O=C(O)C1(C2=CCCCC2)CCCCC1. The highest BCUT2D eigenvalue weighted by Gasteiger charge is 2.42. The normalized spacial score (nSPS) is 25.7. The summed E-state index contributed by atoms with van der Waals surface area (Å²) < 4.78 is 0. The maximum absolute atomic E-state index is 11.5. The van der Waals surface area contributed by atoms with E-state index in [9.17, 15) is 9.90 Å². The third-order valence-electron chi connectivity index (χ3n) is 4.02. The summed E-state index contributed by atoms with van der Waals surface area (Å²) >= 11 is 0. The van der Waals surface area contributed by atoms with Gasteiger partial charge in [-0.15, -0.1) is 0 Å². The third-order valence-corrected chi connectivity index (χ3v) is 4.02. The Balaban J connectivity index is 2.24. The molecule has 0 aromatic heterocycles. The topological polar surface area (TPSA) is 37.3 Å². The Morgan fingerprint density at radius 3 is 2.40 bits per heavy atom. The van der Waals surface area contributed by atoms with Crippen molar-refractivity contribution in [3.05, 3.63) is 11.6 Å². The highest BCUT2D eigenvalue weighted by molar-refractivity contribution is 5.78. The maximum Gasteiger partial charge on any atom is 0.313 e. The van der Waals surface area contributed by atoms with Crippen LogP contribution in [-0.2, 0) is 4.79 Å². The Hall–Kier alpha value is -0.790. The summed E-state index contributed by atoms with van der Waals surface area (Å²) in [6.07, 6.45) is 11.9. The van der Waals surface area contributed by atoms with E-state index in [4.69, 9.17) is 0 Å². The van der Waals surface area contributed by atoms with Crippen molar-refractivity contribution in [2.75, 3.05) is 0 Å². The quantitative estimate of drug-likeness (QED) is 0.705. The fourth-order valence-corrected chi connectivity index (χ4v) is 3.10. The zero-order valence-corrected chi connectivity index (χ0v) is 9.30. The molecule has 0 spiro atoms. The molecule has 0 amide bonds. The zero-order valence-electron chi connectivity index (χ0n) is 9.30. The lowest BCUT2D eigenvalue weighted by Crippen LogP contribution is -2.35. The minimum atomic E-state index is -0.574. The average Bonchev–Trinajstić information content (AvgIpc) is 2.31. The van der Waals surface area contributed by atoms with Gasteiger partial charge >= 0.3 is 5.97 Å². The largest absolute Gasteiger partial charge is 0.481 e. The van der Waals surface area contributed by atoms with Crippen LogP contribution in [0.1, 0.15) is 57.8 Å². The Bertz CT molecular complexity index is 272. The molecule has 15 heavy (non-hydrogen) atoms. The fraction of sp³-hybridized carbons (Fsp3) is 0.769. The highest BCUT2D eigenvalue weighted by atomic mass is 16.4. The smallest absolute Gasteiger partial charge is 0.313 e. The highest BCUT2D eigenvalue weighted by Crippen LogP contribution is 2.45. The molecule has 0 bridgehead atoms. The van der Waals surface area contributed by atoms with E-state index in [0.29, 0.717) is 0 Å². The van der Waals surface area contributed by atoms with Gasteiger partial charge in [-0.1, -0.05) is 30.9 Å². The second-order valence-corrected chi connectivity index (χ2v) is 4.92.